The third-order valence-electron chi connectivity index (χ3n) is 2.53. The Hall–Kier alpha value is -1.64. The van der Waals surface area contributed by atoms with Gasteiger partial charge in [-0.2, -0.15) is 0 Å². The van der Waals surface area contributed by atoms with Crippen LogP contribution in [-0.4, -0.2) is 13.3 Å². The summed E-state index contributed by atoms with van der Waals surface area (Å²) in [5, 5.41) is 10.8. The van der Waals surface area contributed by atoms with Crippen LogP contribution in [0.5, 0.6) is 0 Å². The molecule has 2 rings (SSSR count). The molecule has 21 heavy (non-hydrogen) atoms. The maximum atomic E-state index is 12.2. The van der Waals surface area contributed by atoms with Gasteiger partial charge in [0.15, 0.2) is 0 Å². The van der Waals surface area contributed by atoms with E-state index in [0.717, 1.165) is 24.3 Å². The standard InChI is InChI=1S/C12H8BrClN2O4S/c13-8-1-6-11(14)12(7-8)15-21(19,20)10-4-2-9(3-5-10)16(17)18/h1-7,15H. The van der Waals surface area contributed by atoms with Crippen molar-refractivity contribution >= 4 is 48.9 Å². The number of nitro benzene ring substituents is 1. The number of nitrogens with one attached hydrogen (secondary N) is 1. The van der Waals surface area contributed by atoms with Crippen LogP contribution in [0.25, 0.3) is 0 Å². The fourth-order valence-corrected chi connectivity index (χ4v) is 3.18. The maximum Gasteiger partial charge on any atom is 0.269 e. The van der Waals surface area contributed by atoms with Gasteiger partial charge in [-0.25, -0.2) is 8.42 Å². The molecular formula is C12H8BrClN2O4S. The predicted octanol–water partition coefficient (Wildman–Crippen LogP) is 3.81. The van der Waals surface area contributed by atoms with Crippen molar-refractivity contribution in [1.29, 1.82) is 0 Å². The van der Waals surface area contributed by atoms with Crippen molar-refractivity contribution in [2.45, 2.75) is 4.90 Å². The summed E-state index contributed by atoms with van der Waals surface area (Å²) in [6.07, 6.45) is 0. The Kier molecular flexibility index (Phi) is 4.50. The third kappa shape index (κ3) is 3.72. The molecule has 110 valence electrons. The van der Waals surface area contributed by atoms with E-state index in [1.54, 1.807) is 12.1 Å². The minimum Gasteiger partial charge on any atom is -0.278 e. The molecule has 0 unspecified atom stereocenters. The molecule has 0 aliphatic heterocycles. The number of benzene rings is 2. The highest BCUT2D eigenvalue weighted by atomic mass is 79.9. The van der Waals surface area contributed by atoms with Gasteiger partial charge in [0.1, 0.15) is 0 Å². The summed E-state index contributed by atoms with van der Waals surface area (Å²) in [4.78, 5) is 9.86. The predicted molar refractivity (Wildman–Crippen MR) is 83.1 cm³/mol. The molecule has 9 heteroatoms. The van der Waals surface area contributed by atoms with Crippen LogP contribution in [0.4, 0.5) is 11.4 Å². The van der Waals surface area contributed by atoms with Gasteiger partial charge in [0.25, 0.3) is 15.7 Å². The molecule has 0 radical (unpaired) electrons. The van der Waals surface area contributed by atoms with Gasteiger partial charge < -0.3 is 0 Å². The highest BCUT2D eigenvalue weighted by Gasteiger charge is 2.17. The zero-order valence-electron chi connectivity index (χ0n) is 10.3. The summed E-state index contributed by atoms with van der Waals surface area (Å²) in [5.41, 5.74) is 0.0267. The van der Waals surface area contributed by atoms with Crippen molar-refractivity contribution in [2.75, 3.05) is 4.72 Å². The Morgan fingerprint density at radius 3 is 2.33 bits per heavy atom. The lowest BCUT2D eigenvalue weighted by Gasteiger charge is -2.10. The fourth-order valence-electron chi connectivity index (χ4n) is 1.53. The molecule has 1 N–H and O–H groups in total. The number of nitrogens with zero attached hydrogens (tertiary/aromatic N) is 1. The van der Waals surface area contributed by atoms with E-state index in [0.29, 0.717) is 4.47 Å². The second-order valence-corrected chi connectivity index (χ2v) is 6.99. The van der Waals surface area contributed by atoms with Crippen molar-refractivity contribution < 1.29 is 13.3 Å². The maximum absolute atomic E-state index is 12.2. The SMILES string of the molecule is O=[N+]([O-])c1ccc(S(=O)(=O)Nc2cc(Br)ccc2Cl)cc1. The molecule has 2 aromatic rings. The molecule has 6 nitrogen and oxygen atoms in total. The Bertz CT molecular complexity index is 793. The molecule has 0 aromatic heterocycles. The molecule has 0 spiro atoms. The van der Waals surface area contributed by atoms with Crippen molar-refractivity contribution in [1.82, 2.24) is 0 Å². The van der Waals surface area contributed by atoms with E-state index < -0.39 is 14.9 Å². The van der Waals surface area contributed by atoms with Crippen LogP contribution < -0.4 is 4.72 Å². The first-order valence-corrected chi connectivity index (χ1v) is 8.17. The smallest absolute Gasteiger partial charge is 0.269 e. The number of anilines is 1. The average molecular weight is 392 g/mol. The second-order valence-electron chi connectivity index (χ2n) is 3.98. The molecule has 0 aliphatic carbocycles. The highest BCUT2D eigenvalue weighted by Crippen LogP contribution is 2.28. The molecule has 0 saturated carbocycles. The van der Waals surface area contributed by atoms with Crippen molar-refractivity contribution in [3.8, 4) is 0 Å². The number of nitro groups is 1. The summed E-state index contributed by atoms with van der Waals surface area (Å²) < 4.78 is 27.4. The summed E-state index contributed by atoms with van der Waals surface area (Å²) in [7, 11) is -3.87. The van der Waals surface area contributed by atoms with Gasteiger partial charge in [0.05, 0.1) is 20.5 Å². The Balaban J connectivity index is 2.34. The molecule has 0 saturated heterocycles. The highest BCUT2D eigenvalue weighted by molar-refractivity contribution is 9.10. The quantitative estimate of drug-likeness (QED) is 0.634. The van der Waals surface area contributed by atoms with Gasteiger partial charge in [-0.15, -0.1) is 0 Å². The van der Waals surface area contributed by atoms with Gasteiger partial charge in [-0.3, -0.25) is 14.8 Å². The molecule has 0 aliphatic rings. The molecular weight excluding hydrogens is 384 g/mol. The molecule has 0 amide bonds. The zero-order valence-corrected chi connectivity index (χ0v) is 13.4. The number of rotatable bonds is 4. The number of hydrogen-bond donors (Lipinski definition) is 1. The van der Waals surface area contributed by atoms with Gasteiger partial charge in [-0.05, 0) is 30.3 Å². The van der Waals surface area contributed by atoms with Gasteiger partial charge in [0, 0.05) is 16.6 Å². The third-order valence-corrected chi connectivity index (χ3v) is 4.73. The van der Waals surface area contributed by atoms with E-state index in [-0.39, 0.29) is 21.3 Å². The van der Waals surface area contributed by atoms with E-state index in [1.807, 2.05) is 0 Å². The number of non-ortho nitro benzene ring substituents is 1. The molecule has 2 aromatic carbocycles. The van der Waals surface area contributed by atoms with E-state index in [2.05, 4.69) is 20.7 Å². The van der Waals surface area contributed by atoms with Gasteiger partial charge in [0.2, 0.25) is 0 Å². The lowest BCUT2D eigenvalue weighted by Crippen LogP contribution is -2.13. The normalized spacial score (nSPS) is 11.1. The summed E-state index contributed by atoms with van der Waals surface area (Å²) in [5.74, 6) is 0. The van der Waals surface area contributed by atoms with E-state index in [4.69, 9.17) is 11.6 Å². The summed E-state index contributed by atoms with van der Waals surface area (Å²) >= 11 is 9.14. The van der Waals surface area contributed by atoms with Crippen LogP contribution in [0.15, 0.2) is 51.8 Å². The van der Waals surface area contributed by atoms with Crippen molar-refractivity contribution in [3.05, 3.63) is 62.1 Å². The largest absolute Gasteiger partial charge is 0.278 e. The minimum atomic E-state index is -3.87. The average Bonchev–Trinajstić information content (AvgIpc) is 2.43. The monoisotopic (exact) mass is 390 g/mol. The van der Waals surface area contributed by atoms with Crippen molar-refractivity contribution in [2.24, 2.45) is 0 Å². The first-order chi connectivity index (χ1) is 9.79. The van der Waals surface area contributed by atoms with E-state index in [9.17, 15) is 18.5 Å². The lowest BCUT2D eigenvalue weighted by atomic mass is 10.3. The van der Waals surface area contributed by atoms with Gasteiger partial charge in [-0.1, -0.05) is 27.5 Å². The van der Waals surface area contributed by atoms with E-state index >= 15 is 0 Å². The fraction of sp³-hybridized carbons (Fsp3) is 0. The van der Waals surface area contributed by atoms with Crippen LogP contribution >= 0.6 is 27.5 Å². The molecule has 0 heterocycles. The molecule has 0 fully saturated rings. The first kappa shape index (κ1) is 15.7. The zero-order chi connectivity index (χ0) is 15.6. The van der Waals surface area contributed by atoms with Crippen LogP contribution in [0.3, 0.4) is 0 Å². The van der Waals surface area contributed by atoms with Crippen LogP contribution in [0.1, 0.15) is 0 Å². The molecule has 0 bridgehead atoms. The van der Waals surface area contributed by atoms with Crippen LogP contribution in [0, 0.1) is 10.1 Å². The lowest BCUT2D eigenvalue weighted by molar-refractivity contribution is -0.384. The number of sulfonamides is 1. The Labute approximate surface area is 134 Å². The van der Waals surface area contributed by atoms with Crippen molar-refractivity contribution in [3.63, 3.8) is 0 Å². The number of hydrogen-bond acceptors (Lipinski definition) is 4. The Morgan fingerprint density at radius 1 is 1.14 bits per heavy atom. The summed E-state index contributed by atoms with van der Waals surface area (Å²) in [6, 6.07) is 9.30. The van der Waals surface area contributed by atoms with Crippen LogP contribution in [-0.2, 0) is 10.0 Å². The minimum absolute atomic E-state index is 0.0934. The van der Waals surface area contributed by atoms with Gasteiger partial charge >= 0.3 is 0 Å². The number of halogens is 2. The van der Waals surface area contributed by atoms with E-state index in [1.165, 1.54) is 6.07 Å². The summed E-state index contributed by atoms with van der Waals surface area (Å²) in [6.45, 7) is 0. The second kappa shape index (κ2) is 6.00. The Morgan fingerprint density at radius 2 is 1.76 bits per heavy atom. The van der Waals surface area contributed by atoms with Crippen LogP contribution in [0.2, 0.25) is 5.02 Å². The molecule has 0 atom stereocenters. The first-order valence-electron chi connectivity index (χ1n) is 5.52. The topological polar surface area (TPSA) is 89.3 Å².